The number of hydrogen-bond donors (Lipinski definition) is 2. The van der Waals surface area contributed by atoms with Gasteiger partial charge in [0.2, 0.25) is 5.91 Å². The van der Waals surface area contributed by atoms with E-state index >= 15 is 0 Å². The van der Waals surface area contributed by atoms with Crippen molar-refractivity contribution in [2.75, 3.05) is 27.3 Å². The van der Waals surface area contributed by atoms with Gasteiger partial charge < -0.3 is 20.1 Å². The average molecular weight is 358 g/mol. The third kappa shape index (κ3) is 3.49. The number of ether oxygens (including phenoxy) is 2. The third-order valence-electron chi connectivity index (χ3n) is 4.68. The number of aromatic nitrogens is 2. The second-order valence-electron chi connectivity index (χ2n) is 6.20. The Balaban J connectivity index is 1.76. The van der Waals surface area contributed by atoms with Crippen LogP contribution in [0.25, 0.3) is 11.3 Å². The SMILES string of the molecule is COc1ccc(-c2cc(C(=O)N3CCC(C(N)=O)CC3)[nH]n2)c(OC)c1. The predicted octanol–water partition coefficient (Wildman–Crippen LogP) is 1.43. The van der Waals surface area contributed by atoms with E-state index in [0.29, 0.717) is 48.8 Å². The number of piperidine rings is 1. The Morgan fingerprint density at radius 1 is 1.19 bits per heavy atom. The molecule has 0 aliphatic carbocycles. The van der Waals surface area contributed by atoms with E-state index in [1.54, 1.807) is 31.3 Å². The van der Waals surface area contributed by atoms with Crippen LogP contribution in [0.5, 0.6) is 11.5 Å². The van der Waals surface area contributed by atoms with Crippen LogP contribution in [0.1, 0.15) is 23.3 Å². The van der Waals surface area contributed by atoms with E-state index in [1.165, 1.54) is 0 Å². The number of H-pyrrole nitrogens is 1. The molecule has 0 atom stereocenters. The number of methoxy groups -OCH3 is 2. The standard InChI is InChI=1S/C18H22N4O4/c1-25-12-3-4-13(16(9-12)26-2)14-10-15(21-20-14)18(24)22-7-5-11(6-8-22)17(19)23/h3-4,9-11H,5-8H2,1-2H3,(H2,19,23)(H,20,21). The average Bonchev–Trinajstić information content (AvgIpc) is 3.16. The first-order valence-electron chi connectivity index (χ1n) is 8.40. The van der Waals surface area contributed by atoms with Crippen LogP contribution < -0.4 is 15.2 Å². The van der Waals surface area contributed by atoms with E-state index in [4.69, 9.17) is 15.2 Å². The summed E-state index contributed by atoms with van der Waals surface area (Å²) in [5.74, 6) is 0.693. The number of rotatable bonds is 5. The number of aromatic amines is 1. The van der Waals surface area contributed by atoms with Gasteiger partial charge in [-0.25, -0.2) is 0 Å². The van der Waals surface area contributed by atoms with Gasteiger partial charge in [0.1, 0.15) is 17.2 Å². The maximum atomic E-state index is 12.7. The van der Waals surface area contributed by atoms with E-state index < -0.39 is 0 Å². The van der Waals surface area contributed by atoms with Crippen molar-refractivity contribution in [3.8, 4) is 22.8 Å². The number of nitrogens with one attached hydrogen (secondary N) is 1. The Morgan fingerprint density at radius 2 is 1.92 bits per heavy atom. The number of hydrogen-bond acceptors (Lipinski definition) is 5. The number of primary amides is 1. The Morgan fingerprint density at radius 3 is 2.54 bits per heavy atom. The molecule has 8 nitrogen and oxygen atoms in total. The highest BCUT2D eigenvalue weighted by Crippen LogP contribution is 2.32. The Bertz CT molecular complexity index is 809. The zero-order chi connectivity index (χ0) is 18.7. The van der Waals surface area contributed by atoms with Crippen LogP contribution in [0.2, 0.25) is 0 Å². The van der Waals surface area contributed by atoms with Crippen LogP contribution in [0.4, 0.5) is 0 Å². The van der Waals surface area contributed by atoms with E-state index in [2.05, 4.69) is 10.2 Å². The summed E-state index contributed by atoms with van der Waals surface area (Å²) in [6.45, 7) is 1.01. The number of nitrogens with zero attached hydrogens (tertiary/aromatic N) is 2. The minimum Gasteiger partial charge on any atom is -0.497 e. The molecule has 1 aliphatic rings. The van der Waals surface area contributed by atoms with Gasteiger partial charge in [-0.05, 0) is 31.0 Å². The maximum Gasteiger partial charge on any atom is 0.271 e. The number of carbonyl (C=O) groups is 2. The zero-order valence-corrected chi connectivity index (χ0v) is 14.8. The Labute approximate surface area is 151 Å². The molecule has 1 fully saturated rings. The summed E-state index contributed by atoms with van der Waals surface area (Å²) in [6, 6.07) is 7.11. The maximum absolute atomic E-state index is 12.7. The quantitative estimate of drug-likeness (QED) is 0.840. The van der Waals surface area contributed by atoms with Crippen LogP contribution in [-0.2, 0) is 4.79 Å². The first kappa shape index (κ1) is 17.8. The Hall–Kier alpha value is -3.03. The molecule has 0 unspecified atom stereocenters. The second kappa shape index (κ2) is 7.47. The second-order valence-corrected chi connectivity index (χ2v) is 6.20. The fourth-order valence-corrected chi connectivity index (χ4v) is 3.12. The molecule has 1 aromatic heterocycles. The number of amides is 2. The lowest BCUT2D eigenvalue weighted by molar-refractivity contribution is -0.123. The summed E-state index contributed by atoms with van der Waals surface area (Å²) in [5.41, 5.74) is 7.11. The molecular weight excluding hydrogens is 336 g/mol. The van der Waals surface area contributed by atoms with Crippen molar-refractivity contribution >= 4 is 11.8 Å². The third-order valence-corrected chi connectivity index (χ3v) is 4.68. The highest BCUT2D eigenvalue weighted by Gasteiger charge is 2.27. The number of likely N-dealkylation sites (tertiary alicyclic amines) is 1. The summed E-state index contributed by atoms with van der Waals surface area (Å²) in [5, 5.41) is 7.04. The van der Waals surface area contributed by atoms with Crippen LogP contribution in [0.15, 0.2) is 24.3 Å². The lowest BCUT2D eigenvalue weighted by Crippen LogP contribution is -2.41. The van der Waals surface area contributed by atoms with Crippen molar-refractivity contribution in [2.24, 2.45) is 11.7 Å². The molecular formula is C18H22N4O4. The lowest BCUT2D eigenvalue weighted by atomic mass is 9.96. The summed E-state index contributed by atoms with van der Waals surface area (Å²) in [4.78, 5) is 25.6. The number of benzene rings is 1. The van der Waals surface area contributed by atoms with Gasteiger partial charge in [0.15, 0.2) is 0 Å². The molecule has 0 saturated carbocycles. The Kier molecular flexibility index (Phi) is 5.11. The summed E-state index contributed by atoms with van der Waals surface area (Å²) in [7, 11) is 3.15. The monoisotopic (exact) mass is 358 g/mol. The van der Waals surface area contributed by atoms with E-state index in [-0.39, 0.29) is 17.7 Å². The van der Waals surface area contributed by atoms with Gasteiger partial charge in [0.25, 0.3) is 5.91 Å². The van der Waals surface area contributed by atoms with Gasteiger partial charge in [-0.1, -0.05) is 0 Å². The van der Waals surface area contributed by atoms with Gasteiger partial charge in [0, 0.05) is 30.6 Å². The van der Waals surface area contributed by atoms with Crippen LogP contribution in [0.3, 0.4) is 0 Å². The van der Waals surface area contributed by atoms with Crippen LogP contribution in [-0.4, -0.2) is 54.2 Å². The molecule has 0 bridgehead atoms. The molecule has 26 heavy (non-hydrogen) atoms. The van der Waals surface area contributed by atoms with Gasteiger partial charge >= 0.3 is 0 Å². The van der Waals surface area contributed by atoms with Crippen molar-refractivity contribution < 1.29 is 19.1 Å². The minimum absolute atomic E-state index is 0.140. The lowest BCUT2D eigenvalue weighted by Gasteiger charge is -2.30. The molecule has 138 valence electrons. The normalized spacial score (nSPS) is 14.9. The highest BCUT2D eigenvalue weighted by molar-refractivity contribution is 5.93. The molecule has 0 spiro atoms. The van der Waals surface area contributed by atoms with Crippen LogP contribution in [0, 0.1) is 5.92 Å². The van der Waals surface area contributed by atoms with Crippen molar-refractivity contribution in [3.05, 3.63) is 30.0 Å². The number of nitrogens with two attached hydrogens (primary N) is 1. The van der Waals surface area contributed by atoms with E-state index in [1.807, 2.05) is 12.1 Å². The molecule has 2 amide bonds. The van der Waals surface area contributed by atoms with Crippen molar-refractivity contribution in [1.82, 2.24) is 15.1 Å². The van der Waals surface area contributed by atoms with E-state index in [0.717, 1.165) is 5.56 Å². The van der Waals surface area contributed by atoms with Crippen molar-refractivity contribution in [1.29, 1.82) is 0 Å². The first-order chi connectivity index (χ1) is 12.5. The molecule has 3 N–H and O–H groups in total. The van der Waals surface area contributed by atoms with Crippen LogP contribution >= 0.6 is 0 Å². The zero-order valence-electron chi connectivity index (χ0n) is 14.8. The van der Waals surface area contributed by atoms with Crippen molar-refractivity contribution in [2.45, 2.75) is 12.8 Å². The summed E-state index contributed by atoms with van der Waals surface area (Å²) in [6.07, 6.45) is 1.18. The smallest absolute Gasteiger partial charge is 0.271 e. The molecule has 3 rings (SSSR count). The molecule has 1 aliphatic heterocycles. The minimum atomic E-state index is -0.299. The molecule has 2 aromatic rings. The van der Waals surface area contributed by atoms with Gasteiger partial charge in [0.05, 0.1) is 19.9 Å². The molecule has 8 heteroatoms. The predicted molar refractivity (Wildman–Crippen MR) is 94.9 cm³/mol. The molecule has 1 saturated heterocycles. The largest absolute Gasteiger partial charge is 0.497 e. The number of carbonyl (C=O) groups excluding carboxylic acids is 2. The topological polar surface area (TPSA) is 111 Å². The molecule has 0 radical (unpaired) electrons. The van der Waals surface area contributed by atoms with Gasteiger partial charge in [-0.2, -0.15) is 5.10 Å². The fourth-order valence-electron chi connectivity index (χ4n) is 3.12. The summed E-state index contributed by atoms with van der Waals surface area (Å²) < 4.78 is 10.6. The van der Waals surface area contributed by atoms with Gasteiger partial charge in [-0.15, -0.1) is 0 Å². The van der Waals surface area contributed by atoms with E-state index in [9.17, 15) is 9.59 Å². The fraction of sp³-hybridized carbons (Fsp3) is 0.389. The molecule has 2 heterocycles. The summed E-state index contributed by atoms with van der Waals surface area (Å²) >= 11 is 0. The van der Waals surface area contributed by atoms with Crippen molar-refractivity contribution in [3.63, 3.8) is 0 Å². The molecule has 1 aromatic carbocycles. The van der Waals surface area contributed by atoms with Gasteiger partial charge in [-0.3, -0.25) is 14.7 Å². The highest BCUT2D eigenvalue weighted by atomic mass is 16.5. The first-order valence-corrected chi connectivity index (χ1v) is 8.40.